The lowest BCUT2D eigenvalue weighted by atomic mass is 10.0. The van der Waals surface area contributed by atoms with Crippen LogP contribution in [0.5, 0.6) is 0 Å². The number of carbonyl (C=O) groups is 4. The monoisotopic (exact) mass is 612 g/mol. The number of aromatic nitrogens is 6. The van der Waals surface area contributed by atoms with E-state index >= 15 is 0 Å². The third kappa shape index (κ3) is 5.98. The smallest absolute Gasteiger partial charge is 0.352 e. The lowest BCUT2D eigenvalue weighted by molar-refractivity contribution is -0.151. The van der Waals surface area contributed by atoms with Crippen molar-refractivity contribution in [2.45, 2.75) is 29.0 Å². The van der Waals surface area contributed by atoms with E-state index in [1.54, 1.807) is 37.4 Å². The van der Waals surface area contributed by atoms with E-state index in [0.717, 1.165) is 6.07 Å². The fourth-order valence-electron chi connectivity index (χ4n) is 4.47. The second kappa shape index (κ2) is 12.0. The summed E-state index contributed by atoms with van der Waals surface area (Å²) < 4.78 is 1.46. The van der Waals surface area contributed by atoms with Crippen LogP contribution in [0.25, 0.3) is 0 Å². The van der Waals surface area contributed by atoms with Crippen molar-refractivity contribution in [1.82, 2.24) is 45.7 Å². The number of anilines is 1. The normalized spacial score (nSPS) is 18.6. The second-order valence-corrected chi connectivity index (χ2v) is 11.3. The van der Waals surface area contributed by atoms with Gasteiger partial charge in [0.25, 0.3) is 11.5 Å². The number of nitrogens with one attached hydrogen (secondary N) is 3. The number of H-pyrrole nitrogens is 1. The molecule has 2 aliphatic heterocycles. The van der Waals surface area contributed by atoms with Crippen molar-refractivity contribution in [2.75, 3.05) is 17.2 Å². The molecule has 3 amide bonds. The Balaban J connectivity index is 1.30. The van der Waals surface area contributed by atoms with Gasteiger partial charge in [0.2, 0.25) is 22.9 Å². The highest BCUT2D eigenvalue weighted by molar-refractivity contribution is 8.01. The van der Waals surface area contributed by atoms with Crippen LogP contribution >= 0.6 is 23.5 Å². The minimum atomic E-state index is -1.26. The summed E-state index contributed by atoms with van der Waals surface area (Å²) in [5.41, 5.74) is 5.98. The molecule has 0 saturated carbocycles. The van der Waals surface area contributed by atoms with Crippen molar-refractivity contribution >= 4 is 53.2 Å². The van der Waals surface area contributed by atoms with Crippen LogP contribution in [0.1, 0.15) is 17.3 Å². The molecule has 42 heavy (non-hydrogen) atoms. The number of aryl methyl sites for hydroxylation is 1. The number of hydrogen-bond donors (Lipinski definition) is 5. The number of β-lactam (4-membered cyclic amide) rings is 1. The van der Waals surface area contributed by atoms with Gasteiger partial charge in [0, 0.05) is 24.6 Å². The van der Waals surface area contributed by atoms with Gasteiger partial charge in [-0.15, -0.1) is 16.9 Å². The average Bonchev–Trinajstić information content (AvgIpc) is 3.36. The van der Waals surface area contributed by atoms with Crippen LogP contribution < -0.4 is 21.9 Å². The molecule has 16 nitrogen and oxygen atoms in total. The topological polar surface area (TPSA) is 231 Å². The summed E-state index contributed by atoms with van der Waals surface area (Å²) in [4.78, 5) is 70.7. The van der Waals surface area contributed by atoms with E-state index in [-0.39, 0.29) is 29.5 Å². The van der Waals surface area contributed by atoms with Gasteiger partial charge in [0.1, 0.15) is 23.2 Å². The maximum atomic E-state index is 13.5. The van der Waals surface area contributed by atoms with E-state index in [1.807, 2.05) is 0 Å². The molecule has 2 unspecified atom stereocenters. The molecule has 2 aliphatic rings. The first-order chi connectivity index (χ1) is 20.1. The molecule has 0 radical (unpaired) electrons. The number of rotatable bonds is 10. The van der Waals surface area contributed by atoms with Gasteiger partial charge in [-0.3, -0.25) is 29.1 Å². The molecule has 6 N–H and O–H groups in total. The maximum Gasteiger partial charge on any atom is 0.352 e. The number of nitrogens with zero attached hydrogens (tertiary/aromatic N) is 6. The first kappa shape index (κ1) is 28.8. The summed E-state index contributed by atoms with van der Waals surface area (Å²) in [5.74, 6) is -2.69. The summed E-state index contributed by atoms with van der Waals surface area (Å²) in [6, 6.07) is 7.33. The van der Waals surface area contributed by atoms with Crippen molar-refractivity contribution in [3.8, 4) is 0 Å². The standard InChI is InChI=1S/C24H24N10O6S2/c1-33-24(30-31-32-33)42-10-12-9-41-21-17(20(38)34(21)18(12)22(39)40)29-19(37)16(11-5-3-2-4-6-11)27-14(35)7-13-8-15(36)28-23(25)26-13/h2-6,8,16-17,21H,7,9-10H2,1H3,(H,27,35)(H,29,37)(H,39,40)(H3,25,26,28,36)/t16?,17?,21-/m0/s1. The number of carboxylic acids is 1. The molecule has 5 rings (SSSR count). The Hall–Kier alpha value is -4.71. The van der Waals surface area contributed by atoms with Crippen LogP contribution in [0.4, 0.5) is 5.95 Å². The van der Waals surface area contributed by atoms with Crippen LogP contribution in [-0.4, -0.2) is 86.8 Å². The number of hydrogen-bond acceptors (Lipinski definition) is 12. The molecule has 18 heteroatoms. The van der Waals surface area contributed by atoms with Crippen LogP contribution in [0.2, 0.25) is 0 Å². The number of nitrogens with two attached hydrogens (primary N) is 1. The highest BCUT2D eigenvalue weighted by Crippen LogP contribution is 2.41. The lowest BCUT2D eigenvalue weighted by Crippen LogP contribution is -2.71. The van der Waals surface area contributed by atoms with E-state index in [4.69, 9.17) is 5.73 Å². The number of benzene rings is 1. The molecule has 0 aliphatic carbocycles. The zero-order valence-corrected chi connectivity index (χ0v) is 23.5. The van der Waals surface area contributed by atoms with Gasteiger partial charge in [0.15, 0.2) is 0 Å². The SMILES string of the molecule is Cn1nnnc1SCC1=C(C(=O)O)N2C(=O)C(NC(=O)C(NC(=O)Cc3cc(=O)[nH]c(N)n3)c3ccccc3)[C@@H]2SC1. The molecular weight excluding hydrogens is 588 g/mol. The summed E-state index contributed by atoms with van der Waals surface area (Å²) in [5, 5.41) is 26.3. The van der Waals surface area contributed by atoms with Crippen LogP contribution in [-0.2, 0) is 32.6 Å². The molecular formula is C24H24N10O6S2. The van der Waals surface area contributed by atoms with Crippen LogP contribution in [0, 0.1) is 0 Å². The fraction of sp³-hybridized carbons (Fsp3) is 0.292. The Morgan fingerprint density at radius 2 is 2.02 bits per heavy atom. The van der Waals surface area contributed by atoms with E-state index in [1.165, 1.54) is 33.1 Å². The van der Waals surface area contributed by atoms with Gasteiger partial charge in [0.05, 0.1) is 12.1 Å². The predicted octanol–water partition coefficient (Wildman–Crippen LogP) is -1.19. The molecule has 3 aromatic rings. The average molecular weight is 613 g/mol. The zero-order chi connectivity index (χ0) is 30.0. The van der Waals surface area contributed by atoms with Crippen molar-refractivity contribution in [1.29, 1.82) is 0 Å². The summed E-state index contributed by atoms with van der Waals surface area (Å²) in [6.45, 7) is 0. The number of aromatic amines is 1. The molecule has 0 spiro atoms. The quantitative estimate of drug-likeness (QED) is 0.134. The third-order valence-electron chi connectivity index (χ3n) is 6.36. The second-order valence-electron chi connectivity index (χ2n) is 9.24. The number of carbonyl (C=O) groups excluding carboxylic acids is 3. The lowest BCUT2D eigenvalue weighted by Gasteiger charge is -2.49. The van der Waals surface area contributed by atoms with E-state index in [9.17, 15) is 29.1 Å². The molecule has 1 saturated heterocycles. The van der Waals surface area contributed by atoms with Crippen molar-refractivity contribution < 1.29 is 24.3 Å². The highest BCUT2D eigenvalue weighted by atomic mass is 32.2. The molecule has 0 bridgehead atoms. The Morgan fingerprint density at radius 1 is 1.26 bits per heavy atom. The van der Waals surface area contributed by atoms with Gasteiger partial charge in [-0.1, -0.05) is 42.1 Å². The third-order valence-corrected chi connectivity index (χ3v) is 8.80. The van der Waals surface area contributed by atoms with Gasteiger partial charge in [-0.2, -0.15) is 0 Å². The Morgan fingerprint density at radius 3 is 2.69 bits per heavy atom. The zero-order valence-electron chi connectivity index (χ0n) is 21.9. The van der Waals surface area contributed by atoms with Gasteiger partial charge in [-0.05, 0) is 21.6 Å². The summed E-state index contributed by atoms with van der Waals surface area (Å²) in [6.07, 6.45) is -0.322. The number of aliphatic carboxylic acids is 1. The van der Waals surface area contributed by atoms with Crippen molar-refractivity contribution in [3.05, 3.63) is 69.3 Å². The number of carboxylic acid groups (broad SMARTS) is 1. The first-order valence-electron chi connectivity index (χ1n) is 12.4. The van der Waals surface area contributed by atoms with E-state index < -0.39 is 46.7 Å². The molecule has 1 aromatic carbocycles. The first-order valence-corrected chi connectivity index (χ1v) is 14.4. The molecule has 3 atom stereocenters. The number of thioether (sulfide) groups is 2. The van der Waals surface area contributed by atoms with Crippen LogP contribution in [0.15, 0.2) is 57.6 Å². The van der Waals surface area contributed by atoms with Crippen LogP contribution in [0.3, 0.4) is 0 Å². The maximum absolute atomic E-state index is 13.5. The largest absolute Gasteiger partial charge is 0.477 e. The molecule has 4 heterocycles. The molecule has 218 valence electrons. The molecule has 2 aromatic heterocycles. The Labute approximate surface area is 245 Å². The number of amides is 3. The predicted molar refractivity (Wildman–Crippen MR) is 150 cm³/mol. The van der Waals surface area contributed by atoms with Crippen molar-refractivity contribution in [2.24, 2.45) is 7.05 Å². The van der Waals surface area contributed by atoms with Gasteiger partial charge in [-0.25, -0.2) is 14.5 Å². The highest BCUT2D eigenvalue weighted by Gasteiger charge is 2.54. The van der Waals surface area contributed by atoms with Crippen molar-refractivity contribution in [3.63, 3.8) is 0 Å². The number of fused-ring (bicyclic) bond motifs is 1. The Bertz CT molecular complexity index is 1640. The number of tetrazole rings is 1. The Kier molecular flexibility index (Phi) is 8.25. The minimum absolute atomic E-state index is 0.113. The minimum Gasteiger partial charge on any atom is -0.477 e. The van der Waals surface area contributed by atoms with E-state index in [0.29, 0.717) is 22.0 Å². The molecule has 1 fully saturated rings. The summed E-state index contributed by atoms with van der Waals surface area (Å²) >= 11 is 2.57. The fourth-order valence-corrected chi connectivity index (χ4v) is 6.80. The van der Waals surface area contributed by atoms with Gasteiger partial charge >= 0.3 is 5.97 Å². The van der Waals surface area contributed by atoms with Gasteiger partial charge < -0.3 is 21.5 Å². The summed E-state index contributed by atoms with van der Waals surface area (Å²) in [7, 11) is 1.66. The van der Waals surface area contributed by atoms with E-state index in [2.05, 4.69) is 36.1 Å². The number of nitrogen functional groups attached to an aromatic ring is 1.